The third-order valence-electron chi connectivity index (χ3n) is 2.52. The molecule has 1 amide bonds. The molecule has 3 N–H and O–H groups in total. The highest BCUT2D eigenvalue weighted by Crippen LogP contribution is 2.17. The van der Waals surface area contributed by atoms with Crippen LogP contribution in [0.25, 0.3) is 0 Å². The number of benzene rings is 1. The second-order valence-electron chi connectivity index (χ2n) is 3.74. The maximum atomic E-state index is 11.9. The lowest BCUT2D eigenvalue weighted by molar-refractivity contribution is 0.0937. The molecule has 1 aromatic heterocycles. The third kappa shape index (κ3) is 2.44. The number of aromatic hydroxyl groups is 1. The van der Waals surface area contributed by atoms with Gasteiger partial charge in [0.25, 0.3) is 5.91 Å². The summed E-state index contributed by atoms with van der Waals surface area (Å²) in [5.41, 5.74) is 1.15. The van der Waals surface area contributed by atoms with Crippen molar-refractivity contribution < 1.29 is 9.90 Å². The summed E-state index contributed by atoms with van der Waals surface area (Å²) < 4.78 is 0. The number of carbonyl (C=O) groups is 1. The highest BCUT2D eigenvalue weighted by Gasteiger charge is 2.14. The molecule has 0 aliphatic rings. The number of aromatic nitrogens is 2. The molecule has 0 aliphatic heterocycles. The second kappa shape index (κ2) is 4.69. The number of phenols is 1. The zero-order valence-corrected chi connectivity index (χ0v) is 9.34. The van der Waals surface area contributed by atoms with E-state index >= 15 is 0 Å². The lowest BCUT2D eigenvalue weighted by Gasteiger charge is -2.12. The van der Waals surface area contributed by atoms with Gasteiger partial charge in [0.05, 0.1) is 17.8 Å². The van der Waals surface area contributed by atoms with Crippen LogP contribution in [0.2, 0.25) is 0 Å². The van der Waals surface area contributed by atoms with E-state index in [9.17, 15) is 9.90 Å². The normalized spacial score (nSPS) is 12.1. The molecule has 0 saturated carbocycles. The average Bonchev–Trinajstić information content (AvgIpc) is 2.82. The Labute approximate surface area is 98.5 Å². The summed E-state index contributed by atoms with van der Waals surface area (Å²) in [6, 6.07) is 6.27. The zero-order valence-electron chi connectivity index (χ0n) is 9.34. The molecule has 5 heteroatoms. The van der Waals surface area contributed by atoms with Crippen molar-refractivity contribution in [1.29, 1.82) is 0 Å². The lowest BCUT2D eigenvalue weighted by Crippen LogP contribution is -2.26. The molecule has 0 bridgehead atoms. The predicted octanol–water partition coefficient (Wildman–Crippen LogP) is 1.61. The standard InChI is InChI=1S/C12H13N3O2/c1-8(9-6-13-14-7-9)15-12(17)10-4-2-3-5-11(10)16/h2-8,16H,1H3,(H,13,14)(H,15,17). The van der Waals surface area contributed by atoms with E-state index in [1.165, 1.54) is 6.07 Å². The number of para-hydroxylation sites is 1. The van der Waals surface area contributed by atoms with Crippen LogP contribution in [-0.2, 0) is 0 Å². The molecule has 17 heavy (non-hydrogen) atoms. The van der Waals surface area contributed by atoms with E-state index < -0.39 is 0 Å². The third-order valence-corrected chi connectivity index (χ3v) is 2.52. The summed E-state index contributed by atoms with van der Waals surface area (Å²) in [5, 5.41) is 18.8. The van der Waals surface area contributed by atoms with Crippen LogP contribution in [0.1, 0.15) is 28.9 Å². The smallest absolute Gasteiger partial charge is 0.255 e. The summed E-state index contributed by atoms with van der Waals surface area (Å²) in [6.45, 7) is 1.85. The van der Waals surface area contributed by atoms with E-state index in [-0.39, 0.29) is 23.3 Å². The molecular formula is C12H13N3O2. The number of hydrogen-bond donors (Lipinski definition) is 3. The molecule has 1 atom stereocenters. The van der Waals surface area contributed by atoms with E-state index in [1.807, 2.05) is 6.92 Å². The van der Waals surface area contributed by atoms with Gasteiger partial charge in [0, 0.05) is 11.8 Å². The fourth-order valence-corrected chi connectivity index (χ4v) is 1.52. The Morgan fingerprint density at radius 2 is 2.24 bits per heavy atom. The summed E-state index contributed by atoms with van der Waals surface area (Å²) in [4.78, 5) is 11.9. The topological polar surface area (TPSA) is 78.0 Å². The summed E-state index contributed by atoms with van der Waals surface area (Å²) >= 11 is 0. The number of hydrogen-bond acceptors (Lipinski definition) is 3. The fourth-order valence-electron chi connectivity index (χ4n) is 1.52. The quantitative estimate of drug-likeness (QED) is 0.750. The van der Waals surface area contributed by atoms with Gasteiger partial charge >= 0.3 is 0 Å². The SMILES string of the molecule is CC(NC(=O)c1ccccc1O)c1cn[nH]c1. The van der Waals surface area contributed by atoms with Crippen molar-refractivity contribution in [3.63, 3.8) is 0 Å². The second-order valence-corrected chi connectivity index (χ2v) is 3.74. The van der Waals surface area contributed by atoms with Crippen LogP contribution in [-0.4, -0.2) is 21.2 Å². The molecule has 0 aliphatic carbocycles. The van der Waals surface area contributed by atoms with Crippen molar-refractivity contribution in [2.75, 3.05) is 0 Å². The molecule has 0 spiro atoms. The van der Waals surface area contributed by atoms with Gasteiger partial charge in [0.1, 0.15) is 5.75 Å². The number of nitrogens with one attached hydrogen (secondary N) is 2. The molecule has 0 saturated heterocycles. The van der Waals surface area contributed by atoms with Crippen molar-refractivity contribution in [3.8, 4) is 5.75 Å². The van der Waals surface area contributed by atoms with Crippen LogP contribution in [0.15, 0.2) is 36.7 Å². The highest BCUT2D eigenvalue weighted by molar-refractivity contribution is 5.96. The van der Waals surface area contributed by atoms with Gasteiger partial charge in [-0.15, -0.1) is 0 Å². The van der Waals surface area contributed by atoms with E-state index in [0.29, 0.717) is 0 Å². The molecule has 0 fully saturated rings. The molecule has 0 radical (unpaired) electrons. The van der Waals surface area contributed by atoms with E-state index in [2.05, 4.69) is 15.5 Å². The maximum absolute atomic E-state index is 11.9. The minimum Gasteiger partial charge on any atom is -0.507 e. The number of nitrogens with zero attached hydrogens (tertiary/aromatic N) is 1. The van der Waals surface area contributed by atoms with Gasteiger partial charge < -0.3 is 10.4 Å². The Balaban J connectivity index is 2.10. The Morgan fingerprint density at radius 3 is 2.88 bits per heavy atom. The summed E-state index contributed by atoms with van der Waals surface area (Å²) in [5.74, 6) is -0.332. The highest BCUT2D eigenvalue weighted by atomic mass is 16.3. The van der Waals surface area contributed by atoms with Crippen molar-refractivity contribution >= 4 is 5.91 Å². The largest absolute Gasteiger partial charge is 0.507 e. The Hall–Kier alpha value is -2.30. The predicted molar refractivity (Wildman–Crippen MR) is 62.6 cm³/mol. The molecule has 88 valence electrons. The number of rotatable bonds is 3. The lowest BCUT2D eigenvalue weighted by atomic mass is 10.1. The van der Waals surface area contributed by atoms with Gasteiger partial charge in [0.15, 0.2) is 0 Å². The first-order chi connectivity index (χ1) is 8.18. The van der Waals surface area contributed by atoms with Crippen LogP contribution in [0.3, 0.4) is 0 Å². The number of H-pyrrole nitrogens is 1. The van der Waals surface area contributed by atoms with Gasteiger partial charge in [-0.2, -0.15) is 5.10 Å². The Morgan fingerprint density at radius 1 is 1.47 bits per heavy atom. The van der Waals surface area contributed by atoms with Crippen LogP contribution in [0.5, 0.6) is 5.75 Å². The number of amides is 1. The van der Waals surface area contributed by atoms with Gasteiger partial charge in [-0.05, 0) is 19.1 Å². The molecular weight excluding hydrogens is 218 g/mol. The van der Waals surface area contributed by atoms with E-state index in [0.717, 1.165) is 5.56 Å². The molecule has 2 aromatic rings. The van der Waals surface area contributed by atoms with Gasteiger partial charge in [0.2, 0.25) is 0 Å². The minimum atomic E-state index is -0.309. The molecule has 1 unspecified atom stereocenters. The first kappa shape index (κ1) is 11.2. The van der Waals surface area contributed by atoms with Crippen molar-refractivity contribution in [3.05, 3.63) is 47.8 Å². The molecule has 5 nitrogen and oxygen atoms in total. The Kier molecular flexibility index (Phi) is 3.09. The minimum absolute atomic E-state index is 0.0237. The Bertz CT molecular complexity index is 508. The van der Waals surface area contributed by atoms with E-state index in [4.69, 9.17) is 0 Å². The fraction of sp³-hybridized carbons (Fsp3) is 0.167. The van der Waals surface area contributed by atoms with E-state index in [1.54, 1.807) is 30.6 Å². The van der Waals surface area contributed by atoms with Gasteiger partial charge in [-0.25, -0.2) is 0 Å². The van der Waals surface area contributed by atoms with Crippen molar-refractivity contribution in [2.24, 2.45) is 0 Å². The van der Waals surface area contributed by atoms with Crippen LogP contribution >= 0.6 is 0 Å². The molecule has 1 heterocycles. The van der Waals surface area contributed by atoms with Crippen LogP contribution < -0.4 is 5.32 Å². The van der Waals surface area contributed by atoms with Crippen LogP contribution in [0, 0.1) is 0 Å². The number of carbonyl (C=O) groups excluding carboxylic acids is 1. The monoisotopic (exact) mass is 231 g/mol. The summed E-state index contributed by atoms with van der Waals surface area (Å²) in [6.07, 6.45) is 3.37. The average molecular weight is 231 g/mol. The maximum Gasteiger partial charge on any atom is 0.255 e. The van der Waals surface area contributed by atoms with Crippen molar-refractivity contribution in [1.82, 2.24) is 15.5 Å². The first-order valence-electron chi connectivity index (χ1n) is 5.26. The van der Waals surface area contributed by atoms with Gasteiger partial charge in [-0.1, -0.05) is 12.1 Å². The zero-order chi connectivity index (χ0) is 12.3. The van der Waals surface area contributed by atoms with Crippen molar-refractivity contribution in [2.45, 2.75) is 13.0 Å². The number of phenolic OH excluding ortho intramolecular Hbond substituents is 1. The molecule has 1 aromatic carbocycles. The van der Waals surface area contributed by atoms with Gasteiger partial charge in [-0.3, -0.25) is 9.89 Å². The summed E-state index contributed by atoms with van der Waals surface area (Å²) in [7, 11) is 0. The molecule has 2 rings (SSSR count). The van der Waals surface area contributed by atoms with Crippen LogP contribution in [0.4, 0.5) is 0 Å². The first-order valence-corrected chi connectivity index (χ1v) is 5.26. The number of aromatic amines is 1.